The van der Waals surface area contributed by atoms with E-state index >= 15 is 0 Å². The van der Waals surface area contributed by atoms with Gasteiger partial charge in [0.05, 0.1) is 11.7 Å². The van der Waals surface area contributed by atoms with Crippen molar-refractivity contribution in [2.75, 3.05) is 6.54 Å². The second kappa shape index (κ2) is 5.84. The molecule has 2 aromatic rings. The first-order chi connectivity index (χ1) is 10.8. The van der Waals surface area contributed by atoms with Crippen molar-refractivity contribution in [3.63, 3.8) is 0 Å². The van der Waals surface area contributed by atoms with Gasteiger partial charge in [-0.15, -0.1) is 0 Å². The van der Waals surface area contributed by atoms with E-state index in [2.05, 4.69) is 32.7 Å². The van der Waals surface area contributed by atoms with Gasteiger partial charge < -0.3 is 0 Å². The van der Waals surface area contributed by atoms with E-state index in [0.717, 1.165) is 17.7 Å². The molecule has 4 heteroatoms. The summed E-state index contributed by atoms with van der Waals surface area (Å²) in [6.07, 6.45) is 11.9. The summed E-state index contributed by atoms with van der Waals surface area (Å²) in [5.74, 6) is 1.98. The highest BCUT2D eigenvalue weighted by Crippen LogP contribution is 2.37. The Morgan fingerprint density at radius 1 is 1.09 bits per heavy atom. The molecule has 22 heavy (non-hydrogen) atoms. The molecule has 0 amide bonds. The third-order valence-corrected chi connectivity index (χ3v) is 5.26. The number of hydrogen-bond acceptors (Lipinski definition) is 3. The van der Waals surface area contributed by atoms with Crippen LogP contribution in [0.1, 0.15) is 56.1 Å². The summed E-state index contributed by atoms with van der Waals surface area (Å²) in [7, 11) is 0. The van der Waals surface area contributed by atoms with Gasteiger partial charge >= 0.3 is 0 Å². The summed E-state index contributed by atoms with van der Waals surface area (Å²) in [6, 6.07) is 7.71. The van der Waals surface area contributed by atoms with Crippen molar-refractivity contribution >= 4 is 0 Å². The number of likely N-dealkylation sites (tertiary alicyclic amines) is 1. The van der Waals surface area contributed by atoms with Crippen molar-refractivity contribution in [2.24, 2.45) is 0 Å². The zero-order valence-electron chi connectivity index (χ0n) is 13.3. The van der Waals surface area contributed by atoms with Crippen molar-refractivity contribution in [3.8, 4) is 5.82 Å². The number of aromatic nitrogens is 3. The van der Waals surface area contributed by atoms with Gasteiger partial charge in [0.25, 0.3) is 0 Å². The van der Waals surface area contributed by atoms with Crippen LogP contribution in [-0.2, 0) is 0 Å². The van der Waals surface area contributed by atoms with Crippen LogP contribution in [0.2, 0.25) is 0 Å². The minimum Gasteiger partial charge on any atom is -0.292 e. The summed E-state index contributed by atoms with van der Waals surface area (Å²) in [4.78, 5) is 12.0. The van der Waals surface area contributed by atoms with Gasteiger partial charge in [0.15, 0.2) is 0 Å². The van der Waals surface area contributed by atoms with Crippen molar-refractivity contribution in [1.29, 1.82) is 0 Å². The molecule has 0 aromatic carbocycles. The molecule has 1 saturated heterocycles. The average Bonchev–Trinajstić information content (AvgIpc) is 3.28. The van der Waals surface area contributed by atoms with Crippen LogP contribution in [0.25, 0.3) is 5.82 Å². The molecule has 1 aliphatic carbocycles. The van der Waals surface area contributed by atoms with Gasteiger partial charge in [-0.1, -0.05) is 18.9 Å². The molecule has 0 spiro atoms. The maximum absolute atomic E-state index is 4.96. The quantitative estimate of drug-likeness (QED) is 0.867. The summed E-state index contributed by atoms with van der Waals surface area (Å²) < 4.78 is 2.07. The van der Waals surface area contributed by atoms with E-state index in [1.807, 2.05) is 19.3 Å². The summed E-state index contributed by atoms with van der Waals surface area (Å²) >= 11 is 0. The lowest BCUT2D eigenvalue weighted by atomic mass is 10.1. The zero-order valence-corrected chi connectivity index (χ0v) is 13.3. The van der Waals surface area contributed by atoms with Crippen molar-refractivity contribution in [2.45, 2.75) is 57.5 Å². The maximum Gasteiger partial charge on any atom is 0.138 e. The number of nitrogens with zero attached hydrogens (tertiary/aromatic N) is 4. The molecule has 4 rings (SSSR count). The van der Waals surface area contributed by atoms with Crippen LogP contribution < -0.4 is 0 Å². The lowest BCUT2D eigenvalue weighted by molar-refractivity contribution is 0.180. The Hall–Kier alpha value is -1.68. The van der Waals surface area contributed by atoms with E-state index in [1.54, 1.807) is 0 Å². The molecule has 4 nitrogen and oxygen atoms in total. The molecule has 1 atom stereocenters. The lowest BCUT2D eigenvalue weighted by Crippen LogP contribution is -2.33. The second-order valence-electron chi connectivity index (χ2n) is 6.60. The Kier molecular flexibility index (Phi) is 3.70. The minimum atomic E-state index is 0.506. The lowest BCUT2D eigenvalue weighted by Gasteiger charge is -2.30. The molecule has 0 N–H and O–H groups in total. The molecule has 1 saturated carbocycles. The average molecular weight is 296 g/mol. The number of hydrogen-bond donors (Lipinski definition) is 0. The molecule has 0 bridgehead atoms. The molecule has 2 aliphatic rings. The third-order valence-electron chi connectivity index (χ3n) is 5.26. The summed E-state index contributed by atoms with van der Waals surface area (Å²) in [5, 5.41) is 0. The Bertz CT molecular complexity index is 642. The largest absolute Gasteiger partial charge is 0.292 e. The monoisotopic (exact) mass is 296 g/mol. The van der Waals surface area contributed by atoms with Gasteiger partial charge in [0.1, 0.15) is 11.6 Å². The Morgan fingerprint density at radius 3 is 2.73 bits per heavy atom. The Morgan fingerprint density at radius 2 is 1.95 bits per heavy atom. The van der Waals surface area contributed by atoms with Gasteiger partial charge in [0, 0.05) is 18.4 Å². The first kappa shape index (κ1) is 13.9. The van der Waals surface area contributed by atoms with E-state index in [-0.39, 0.29) is 0 Å². The van der Waals surface area contributed by atoms with E-state index in [9.17, 15) is 0 Å². The molecule has 116 valence electrons. The highest BCUT2D eigenvalue weighted by Gasteiger charge is 2.33. The van der Waals surface area contributed by atoms with Crippen LogP contribution >= 0.6 is 0 Å². The van der Waals surface area contributed by atoms with E-state index in [4.69, 9.17) is 4.98 Å². The molecule has 0 radical (unpaired) electrons. The van der Waals surface area contributed by atoms with Gasteiger partial charge in [-0.3, -0.25) is 9.47 Å². The first-order valence-electron chi connectivity index (χ1n) is 8.56. The number of imidazole rings is 1. The van der Waals surface area contributed by atoms with Crippen LogP contribution in [0.3, 0.4) is 0 Å². The molecular formula is C18H24N4. The Labute approximate surface area is 132 Å². The van der Waals surface area contributed by atoms with E-state index < -0.39 is 0 Å². The smallest absolute Gasteiger partial charge is 0.138 e. The number of rotatable bonds is 3. The highest BCUT2D eigenvalue weighted by molar-refractivity contribution is 5.28. The summed E-state index contributed by atoms with van der Waals surface area (Å²) in [5.41, 5.74) is 1.23. The third kappa shape index (κ3) is 2.45. The van der Waals surface area contributed by atoms with Gasteiger partial charge in [-0.05, 0) is 51.3 Å². The van der Waals surface area contributed by atoms with Gasteiger partial charge in [-0.25, -0.2) is 9.97 Å². The summed E-state index contributed by atoms with van der Waals surface area (Å²) in [6.45, 7) is 3.26. The fraction of sp³-hybridized carbons (Fsp3) is 0.556. The highest BCUT2D eigenvalue weighted by atomic mass is 15.2. The second-order valence-corrected chi connectivity index (χ2v) is 6.60. The van der Waals surface area contributed by atoms with Crippen molar-refractivity contribution in [3.05, 3.63) is 42.1 Å². The van der Waals surface area contributed by atoms with E-state index in [0.29, 0.717) is 6.04 Å². The van der Waals surface area contributed by atoms with Gasteiger partial charge in [-0.2, -0.15) is 0 Å². The van der Waals surface area contributed by atoms with Crippen LogP contribution in [0, 0.1) is 6.92 Å². The fourth-order valence-electron chi connectivity index (χ4n) is 4.16. The van der Waals surface area contributed by atoms with Crippen LogP contribution in [0.5, 0.6) is 0 Å². The van der Waals surface area contributed by atoms with Gasteiger partial charge in [0.2, 0.25) is 0 Å². The van der Waals surface area contributed by atoms with Crippen molar-refractivity contribution < 1.29 is 0 Å². The molecule has 3 heterocycles. The molecule has 0 unspecified atom stereocenters. The van der Waals surface area contributed by atoms with Crippen LogP contribution in [0.15, 0.2) is 30.6 Å². The Balaban J connectivity index is 1.63. The van der Waals surface area contributed by atoms with Crippen molar-refractivity contribution in [1.82, 2.24) is 19.4 Å². The molecule has 1 aliphatic heterocycles. The molecule has 2 fully saturated rings. The number of pyridine rings is 1. The van der Waals surface area contributed by atoms with E-state index in [1.165, 1.54) is 50.8 Å². The fourth-order valence-corrected chi connectivity index (χ4v) is 4.16. The molecule has 2 aromatic heterocycles. The molecular weight excluding hydrogens is 272 g/mol. The van der Waals surface area contributed by atoms with Crippen LogP contribution in [-0.4, -0.2) is 32.0 Å². The minimum absolute atomic E-state index is 0.506. The first-order valence-corrected chi connectivity index (χ1v) is 8.56. The predicted molar refractivity (Wildman–Crippen MR) is 87.0 cm³/mol. The van der Waals surface area contributed by atoms with Crippen LogP contribution in [0.4, 0.5) is 0 Å². The standard InChI is InChI=1S/C18H24N4/c1-14-19-11-13-21(14)18-10-4-8-16(20-18)17-9-5-12-22(17)15-6-2-3-7-15/h4,8,10-11,13,15,17H,2-3,5-7,9,12H2,1H3/t17-/m1/s1. The SMILES string of the molecule is Cc1nccn1-c1cccc([C@H]2CCCN2C2CCCC2)n1. The predicted octanol–water partition coefficient (Wildman–Crippen LogP) is 3.66. The topological polar surface area (TPSA) is 34.0 Å². The zero-order chi connectivity index (χ0) is 14.9. The number of aryl methyl sites for hydroxylation is 1. The maximum atomic E-state index is 4.96. The normalized spacial score (nSPS) is 23.4.